The molecule has 9 heavy (non-hydrogen) atoms. The molecule has 0 aromatic carbocycles. The molecule has 0 heterocycles. The number of carbonyl (C=O) groups is 1. The van der Waals surface area contributed by atoms with Gasteiger partial charge in [-0.05, 0) is 6.42 Å². The minimum atomic E-state index is -0.922. The molecule has 4 heteroatoms. The zero-order chi connectivity index (χ0) is 7.49. The smallest absolute Gasteiger partial charge is 0.321 e. The number of hydrogen-bond donors (Lipinski definition) is 1. The van der Waals surface area contributed by atoms with E-state index in [0.29, 0.717) is 6.42 Å². The largest absolute Gasteiger partial charge is 0.480 e. The van der Waals surface area contributed by atoms with E-state index < -0.39 is 10.3 Å². The SMILES string of the molecule is CCC(Br)(CCl)C(=O)O. The summed E-state index contributed by atoms with van der Waals surface area (Å²) >= 11 is 8.39. The predicted octanol–water partition coefficient (Wildman–Crippen LogP) is 1.85. The molecule has 2 nitrogen and oxygen atoms in total. The highest BCUT2D eigenvalue weighted by molar-refractivity contribution is 9.10. The summed E-state index contributed by atoms with van der Waals surface area (Å²) < 4.78 is -0.922. The topological polar surface area (TPSA) is 37.3 Å². The van der Waals surface area contributed by atoms with Crippen molar-refractivity contribution >= 4 is 33.5 Å². The molecule has 0 aliphatic rings. The zero-order valence-electron chi connectivity index (χ0n) is 5.03. The third-order valence-corrected chi connectivity index (χ3v) is 3.11. The second-order valence-corrected chi connectivity index (χ2v) is 3.54. The number of hydrogen-bond acceptors (Lipinski definition) is 1. The highest BCUT2D eigenvalue weighted by atomic mass is 79.9. The van der Waals surface area contributed by atoms with Crippen LogP contribution in [0.3, 0.4) is 0 Å². The second-order valence-electron chi connectivity index (χ2n) is 1.76. The molecule has 1 N–H and O–H groups in total. The molecule has 0 spiro atoms. The van der Waals surface area contributed by atoms with Crippen molar-refractivity contribution < 1.29 is 9.90 Å². The lowest BCUT2D eigenvalue weighted by Crippen LogP contribution is -2.32. The Morgan fingerprint density at radius 2 is 2.33 bits per heavy atom. The van der Waals surface area contributed by atoms with Crippen molar-refractivity contribution in [3.8, 4) is 0 Å². The quantitative estimate of drug-likeness (QED) is 0.730. The van der Waals surface area contributed by atoms with Gasteiger partial charge in [0.05, 0.1) is 0 Å². The van der Waals surface area contributed by atoms with Crippen LogP contribution >= 0.6 is 27.5 Å². The highest BCUT2D eigenvalue weighted by Crippen LogP contribution is 2.23. The Labute approximate surface area is 67.3 Å². The zero-order valence-corrected chi connectivity index (χ0v) is 7.37. The summed E-state index contributed by atoms with van der Waals surface area (Å²) in [4.78, 5) is 10.4. The number of carboxylic acid groups (broad SMARTS) is 1. The first-order chi connectivity index (χ1) is 4.06. The molecule has 1 unspecified atom stereocenters. The fourth-order valence-corrected chi connectivity index (χ4v) is 0.606. The molecule has 0 saturated carbocycles. The van der Waals surface area contributed by atoms with Crippen LogP contribution in [0.15, 0.2) is 0 Å². The Morgan fingerprint density at radius 3 is 2.33 bits per heavy atom. The summed E-state index contributed by atoms with van der Waals surface area (Å²) in [5.74, 6) is -0.807. The van der Waals surface area contributed by atoms with Gasteiger partial charge in [0.15, 0.2) is 0 Å². The third kappa shape index (κ3) is 2.14. The molecule has 0 bridgehead atoms. The van der Waals surface area contributed by atoms with Crippen LogP contribution in [0.4, 0.5) is 0 Å². The van der Waals surface area contributed by atoms with Gasteiger partial charge in [0, 0.05) is 5.88 Å². The van der Waals surface area contributed by atoms with E-state index in [1.165, 1.54) is 0 Å². The van der Waals surface area contributed by atoms with Gasteiger partial charge in [0.1, 0.15) is 4.32 Å². The lowest BCUT2D eigenvalue weighted by atomic mass is 10.1. The van der Waals surface area contributed by atoms with E-state index >= 15 is 0 Å². The van der Waals surface area contributed by atoms with Crippen LogP contribution in [0.5, 0.6) is 0 Å². The Hall–Kier alpha value is 0.240. The minimum Gasteiger partial charge on any atom is -0.480 e. The van der Waals surface area contributed by atoms with Crippen molar-refractivity contribution in [3.63, 3.8) is 0 Å². The first kappa shape index (κ1) is 9.24. The van der Waals surface area contributed by atoms with Crippen molar-refractivity contribution in [2.24, 2.45) is 0 Å². The van der Waals surface area contributed by atoms with E-state index in [1.807, 2.05) is 0 Å². The third-order valence-electron chi connectivity index (χ3n) is 1.16. The normalized spacial score (nSPS) is 16.8. The van der Waals surface area contributed by atoms with Crippen LogP contribution in [-0.2, 0) is 4.79 Å². The minimum absolute atomic E-state index is 0.0961. The molecule has 0 aliphatic carbocycles. The van der Waals surface area contributed by atoms with Gasteiger partial charge in [-0.3, -0.25) is 4.79 Å². The summed E-state index contributed by atoms with van der Waals surface area (Å²) in [5, 5.41) is 8.50. The maximum absolute atomic E-state index is 10.4. The number of rotatable bonds is 3. The van der Waals surface area contributed by atoms with Crippen LogP contribution in [0.2, 0.25) is 0 Å². The van der Waals surface area contributed by atoms with Gasteiger partial charge in [-0.2, -0.15) is 0 Å². The van der Waals surface area contributed by atoms with Crippen LogP contribution in [0.25, 0.3) is 0 Å². The summed E-state index contributed by atoms with van der Waals surface area (Å²) in [6.45, 7) is 1.77. The van der Waals surface area contributed by atoms with Gasteiger partial charge >= 0.3 is 5.97 Å². The Kier molecular flexibility index (Phi) is 3.51. The van der Waals surface area contributed by atoms with Crippen LogP contribution in [0, 0.1) is 0 Å². The predicted molar refractivity (Wildman–Crippen MR) is 40.3 cm³/mol. The van der Waals surface area contributed by atoms with E-state index in [0.717, 1.165) is 0 Å². The van der Waals surface area contributed by atoms with Gasteiger partial charge in [-0.1, -0.05) is 22.9 Å². The van der Waals surface area contributed by atoms with Gasteiger partial charge in [-0.15, -0.1) is 11.6 Å². The van der Waals surface area contributed by atoms with E-state index in [9.17, 15) is 4.79 Å². The maximum atomic E-state index is 10.4. The summed E-state index contributed by atoms with van der Waals surface area (Å²) in [5.41, 5.74) is 0. The lowest BCUT2D eigenvalue weighted by molar-refractivity contribution is -0.139. The van der Waals surface area contributed by atoms with Gasteiger partial charge in [0.25, 0.3) is 0 Å². The van der Waals surface area contributed by atoms with E-state index in [-0.39, 0.29) is 5.88 Å². The molecule has 0 aromatic heterocycles. The van der Waals surface area contributed by atoms with E-state index in [4.69, 9.17) is 16.7 Å². The Balaban J connectivity index is 4.09. The molecule has 0 amide bonds. The Morgan fingerprint density at radius 1 is 1.89 bits per heavy atom. The fraction of sp³-hybridized carbons (Fsp3) is 0.800. The standard InChI is InChI=1S/C5H8BrClO2/c1-2-5(6,3-7)4(8)9/h2-3H2,1H3,(H,8,9). The first-order valence-electron chi connectivity index (χ1n) is 2.55. The number of aliphatic carboxylic acids is 1. The number of carboxylic acids is 1. The van der Waals surface area contributed by atoms with Gasteiger partial charge in [0.2, 0.25) is 0 Å². The molecule has 0 fully saturated rings. The summed E-state index contributed by atoms with van der Waals surface area (Å²) in [7, 11) is 0. The van der Waals surface area contributed by atoms with E-state index in [2.05, 4.69) is 15.9 Å². The van der Waals surface area contributed by atoms with Crippen LogP contribution in [0.1, 0.15) is 13.3 Å². The molecule has 0 radical (unpaired) electrons. The van der Waals surface area contributed by atoms with Crippen molar-refractivity contribution in [3.05, 3.63) is 0 Å². The van der Waals surface area contributed by atoms with Gasteiger partial charge in [-0.25, -0.2) is 0 Å². The average Bonchev–Trinajstić information content (AvgIpc) is 1.86. The number of alkyl halides is 2. The van der Waals surface area contributed by atoms with Crippen molar-refractivity contribution in [1.82, 2.24) is 0 Å². The van der Waals surface area contributed by atoms with Crippen molar-refractivity contribution in [2.75, 3.05) is 5.88 Å². The molecular formula is C5H8BrClO2. The molecule has 1 atom stereocenters. The molecule has 0 rings (SSSR count). The van der Waals surface area contributed by atoms with Crippen molar-refractivity contribution in [2.45, 2.75) is 17.7 Å². The summed E-state index contributed by atoms with van der Waals surface area (Å²) in [6, 6.07) is 0. The van der Waals surface area contributed by atoms with Gasteiger partial charge < -0.3 is 5.11 Å². The van der Waals surface area contributed by atoms with E-state index in [1.54, 1.807) is 6.92 Å². The maximum Gasteiger partial charge on any atom is 0.321 e. The molecular weight excluding hydrogens is 207 g/mol. The monoisotopic (exact) mass is 214 g/mol. The van der Waals surface area contributed by atoms with Crippen LogP contribution < -0.4 is 0 Å². The molecule has 54 valence electrons. The fourth-order valence-electron chi connectivity index (χ4n) is 0.303. The second kappa shape index (κ2) is 3.42. The molecule has 0 aromatic rings. The van der Waals surface area contributed by atoms with Crippen LogP contribution in [-0.4, -0.2) is 21.3 Å². The average molecular weight is 215 g/mol. The Bertz CT molecular complexity index is 112. The highest BCUT2D eigenvalue weighted by Gasteiger charge is 2.32. The number of halogens is 2. The lowest BCUT2D eigenvalue weighted by Gasteiger charge is -2.15. The molecule has 0 aliphatic heterocycles. The first-order valence-corrected chi connectivity index (χ1v) is 3.88. The molecule has 0 saturated heterocycles. The van der Waals surface area contributed by atoms with Crippen molar-refractivity contribution in [1.29, 1.82) is 0 Å². The summed E-state index contributed by atoms with van der Waals surface area (Å²) in [6.07, 6.45) is 0.492.